The number of piperidine rings is 1. The molecule has 0 radical (unpaired) electrons. The molecule has 1 unspecified atom stereocenters. The van der Waals surface area contributed by atoms with Crippen molar-refractivity contribution in [2.75, 3.05) is 23.3 Å². The molecule has 2 heterocycles. The van der Waals surface area contributed by atoms with Crippen molar-refractivity contribution in [1.29, 1.82) is 0 Å². The Hall–Kier alpha value is -2.57. The number of carbonyl (C=O) groups excluding carboxylic acids is 1. The summed E-state index contributed by atoms with van der Waals surface area (Å²) in [4.78, 5) is 22.7. The van der Waals surface area contributed by atoms with Crippen LogP contribution in [0.1, 0.15) is 12.8 Å². The molecule has 3 rings (SSSR count). The third kappa shape index (κ3) is 3.61. The third-order valence-corrected chi connectivity index (χ3v) is 3.81. The molecule has 1 saturated heterocycles. The van der Waals surface area contributed by atoms with Gasteiger partial charge in [-0.25, -0.2) is 18.7 Å². The maximum Gasteiger partial charge on any atom is 0.229 e. The summed E-state index contributed by atoms with van der Waals surface area (Å²) in [5.41, 5.74) is 0.252. The van der Waals surface area contributed by atoms with Gasteiger partial charge in [-0.15, -0.1) is 0 Å². The van der Waals surface area contributed by atoms with Crippen LogP contribution in [-0.2, 0) is 4.79 Å². The molecule has 1 aromatic carbocycles. The van der Waals surface area contributed by atoms with Gasteiger partial charge in [0.2, 0.25) is 11.9 Å². The van der Waals surface area contributed by atoms with Crippen molar-refractivity contribution in [3.63, 3.8) is 0 Å². The molecule has 0 bridgehead atoms. The monoisotopic (exact) mass is 318 g/mol. The fourth-order valence-electron chi connectivity index (χ4n) is 2.65. The standard InChI is InChI=1S/C16H16F2N4O/c17-13-5-4-12(9-14(13)18)21-15(23)11-3-1-8-22(10-11)16-19-6-2-7-20-16/h2,4-7,9,11H,1,3,8,10H2,(H,21,23). The predicted octanol–water partition coefficient (Wildman–Crippen LogP) is 2.61. The second kappa shape index (κ2) is 6.68. The van der Waals surface area contributed by atoms with Gasteiger partial charge in [0.25, 0.3) is 0 Å². The maximum absolute atomic E-state index is 13.2. The SMILES string of the molecule is O=C(Nc1ccc(F)c(F)c1)C1CCCN(c2ncccn2)C1. The smallest absolute Gasteiger partial charge is 0.229 e. The highest BCUT2D eigenvalue weighted by molar-refractivity contribution is 5.93. The quantitative estimate of drug-likeness (QED) is 0.945. The lowest BCUT2D eigenvalue weighted by atomic mass is 9.97. The molecule has 120 valence electrons. The van der Waals surface area contributed by atoms with Crippen LogP contribution >= 0.6 is 0 Å². The first-order valence-corrected chi connectivity index (χ1v) is 7.41. The van der Waals surface area contributed by atoms with Gasteiger partial charge < -0.3 is 10.2 Å². The van der Waals surface area contributed by atoms with E-state index < -0.39 is 11.6 Å². The number of benzene rings is 1. The molecular formula is C16H16F2N4O. The molecule has 1 aromatic heterocycles. The number of carbonyl (C=O) groups is 1. The van der Waals surface area contributed by atoms with Crippen LogP contribution in [0.2, 0.25) is 0 Å². The van der Waals surface area contributed by atoms with Crippen molar-refractivity contribution < 1.29 is 13.6 Å². The molecule has 1 aliphatic heterocycles. The lowest BCUT2D eigenvalue weighted by molar-refractivity contribution is -0.120. The molecule has 1 amide bonds. The zero-order valence-electron chi connectivity index (χ0n) is 12.4. The first-order chi connectivity index (χ1) is 11.1. The third-order valence-electron chi connectivity index (χ3n) is 3.81. The van der Waals surface area contributed by atoms with Gasteiger partial charge in [0.05, 0.1) is 5.92 Å². The van der Waals surface area contributed by atoms with Crippen LogP contribution in [0.3, 0.4) is 0 Å². The molecular weight excluding hydrogens is 302 g/mol. The Labute approximate surface area is 132 Å². The van der Waals surface area contributed by atoms with Crippen LogP contribution in [0.5, 0.6) is 0 Å². The number of nitrogens with one attached hydrogen (secondary N) is 1. The summed E-state index contributed by atoms with van der Waals surface area (Å²) < 4.78 is 26.1. The lowest BCUT2D eigenvalue weighted by Gasteiger charge is -2.31. The Morgan fingerprint density at radius 1 is 1.22 bits per heavy atom. The van der Waals surface area contributed by atoms with Crippen molar-refractivity contribution in [3.8, 4) is 0 Å². The van der Waals surface area contributed by atoms with E-state index in [0.29, 0.717) is 12.5 Å². The second-order valence-electron chi connectivity index (χ2n) is 5.45. The second-order valence-corrected chi connectivity index (χ2v) is 5.45. The normalized spacial score (nSPS) is 17.8. The van der Waals surface area contributed by atoms with Gasteiger partial charge in [-0.2, -0.15) is 0 Å². The molecule has 1 N–H and O–H groups in total. The zero-order valence-corrected chi connectivity index (χ0v) is 12.4. The van der Waals surface area contributed by atoms with Gasteiger partial charge in [0, 0.05) is 37.2 Å². The number of amides is 1. The van der Waals surface area contributed by atoms with Crippen LogP contribution in [0.15, 0.2) is 36.7 Å². The van der Waals surface area contributed by atoms with Gasteiger partial charge in [-0.3, -0.25) is 4.79 Å². The number of anilines is 2. The zero-order chi connectivity index (χ0) is 16.2. The molecule has 1 atom stereocenters. The van der Waals surface area contributed by atoms with Gasteiger partial charge in [-0.05, 0) is 31.0 Å². The number of nitrogens with zero attached hydrogens (tertiary/aromatic N) is 3. The minimum absolute atomic E-state index is 0.211. The van der Waals surface area contributed by atoms with E-state index in [4.69, 9.17) is 0 Å². The van der Waals surface area contributed by atoms with E-state index in [1.165, 1.54) is 6.07 Å². The molecule has 2 aromatic rings. The number of halogens is 2. The Balaban J connectivity index is 1.66. The first-order valence-electron chi connectivity index (χ1n) is 7.41. The average molecular weight is 318 g/mol. The van der Waals surface area contributed by atoms with Crippen molar-refractivity contribution in [2.24, 2.45) is 5.92 Å². The van der Waals surface area contributed by atoms with Crippen molar-refractivity contribution in [1.82, 2.24) is 9.97 Å². The molecule has 0 saturated carbocycles. The molecule has 7 heteroatoms. The highest BCUT2D eigenvalue weighted by Gasteiger charge is 2.27. The van der Waals surface area contributed by atoms with Gasteiger partial charge in [0.15, 0.2) is 11.6 Å². The van der Waals surface area contributed by atoms with E-state index in [0.717, 1.165) is 31.5 Å². The molecule has 0 spiro atoms. The number of hydrogen-bond acceptors (Lipinski definition) is 4. The predicted molar refractivity (Wildman–Crippen MR) is 82.0 cm³/mol. The summed E-state index contributed by atoms with van der Waals surface area (Å²) in [6, 6.07) is 5.06. The van der Waals surface area contributed by atoms with E-state index >= 15 is 0 Å². The highest BCUT2D eigenvalue weighted by Crippen LogP contribution is 2.22. The summed E-state index contributed by atoms with van der Waals surface area (Å²) in [5.74, 6) is -1.78. The molecule has 23 heavy (non-hydrogen) atoms. The average Bonchev–Trinajstić information content (AvgIpc) is 2.59. The molecule has 1 aliphatic rings. The maximum atomic E-state index is 13.2. The number of hydrogen-bond donors (Lipinski definition) is 1. The van der Waals surface area contributed by atoms with Crippen molar-refractivity contribution in [3.05, 3.63) is 48.3 Å². The Morgan fingerprint density at radius 2 is 2.00 bits per heavy atom. The van der Waals surface area contributed by atoms with E-state index in [-0.39, 0.29) is 17.5 Å². The van der Waals surface area contributed by atoms with Gasteiger partial charge >= 0.3 is 0 Å². The minimum Gasteiger partial charge on any atom is -0.340 e. The van der Waals surface area contributed by atoms with Crippen molar-refractivity contribution in [2.45, 2.75) is 12.8 Å². The summed E-state index contributed by atoms with van der Waals surface area (Å²) in [6.45, 7) is 1.29. The van der Waals surface area contributed by atoms with Crippen LogP contribution in [-0.4, -0.2) is 29.0 Å². The topological polar surface area (TPSA) is 58.1 Å². The fourth-order valence-corrected chi connectivity index (χ4v) is 2.65. The molecule has 0 aliphatic carbocycles. The van der Waals surface area contributed by atoms with E-state index in [2.05, 4.69) is 15.3 Å². The number of aromatic nitrogens is 2. The van der Waals surface area contributed by atoms with Crippen LogP contribution in [0.25, 0.3) is 0 Å². The van der Waals surface area contributed by atoms with E-state index in [1.807, 2.05) is 4.90 Å². The van der Waals surface area contributed by atoms with Gasteiger partial charge in [0.1, 0.15) is 0 Å². The molecule has 5 nitrogen and oxygen atoms in total. The Kier molecular flexibility index (Phi) is 4.45. The largest absolute Gasteiger partial charge is 0.340 e. The summed E-state index contributed by atoms with van der Waals surface area (Å²) >= 11 is 0. The van der Waals surface area contributed by atoms with E-state index in [9.17, 15) is 13.6 Å². The summed E-state index contributed by atoms with van der Waals surface area (Å²) in [7, 11) is 0. The van der Waals surface area contributed by atoms with Crippen LogP contribution in [0, 0.1) is 17.6 Å². The summed E-state index contributed by atoms with van der Waals surface area (Å²) in [5, 5.41) is 2.64. The number of rotatable bonds is 3. The Morgan fingerprint density at radius 3 is 2.74 bits per heavy atom. The van der Waals surface area contributed by atoms with Crippen LogP contribution in [0.4, 0.5) is 20.4 Å². The fraction of sp³-hybridized carbons (Fsp3) is 0.312. The minimum atomic E-state index is -0.981. The van der Waals surface area contributed by atoms with Crippen LogP contribution < -0.4 is 10.2 Å². The van der Waals surface area contributed by atoms with Crippen molar-refractivity contribution >= 4 is 17.5 Å². The lowest BCUT2D eigenvalue weighted by Crippen LogP contribution is -2.41. The van der Waals surface area contributed by atoms with E-state index in [1.54, 1.807) is 18.5 Å². The Bertz CT molecular complexity index is 696. The highest BCUT2D eigenvalue weighted by atomic mass is 19.2. The van der Waals surface area contributed by atoms with Gasteiger partial charge in [-0.1, -0.05) is 0 Å². The molecule has 1 fully saturated rings. The first kappa shape index (κ1) is 15.3. The summed E-state index contributed by atoms with van der Waals surface area (Å²) in [6.07, 6.45) is 4.90.